The number of fused-ring (bicyclic) bond motifs is 1. The standard InChI is InChI=1S/C25H18F3N3O4/c26-25(27,28)19-12-23(35-24(33)17-4-2-1-3-5-17)34-20-11-16(10-18(19)20)14-31-22(32)9-7-15-6-8-21(29)30-13-15/h1-13H,14H2,(H2,29,30)(H,31,32)/b9-7+. The maximum atomic E-state index is 13.7. The lowest BCUT2D eigenvalue weighted by atomic mass is 10.1. The first-order chi connectivity index (χ1) is 16.7. The molecule has 7 nitrogen and oxygen atoms in total. The number of carbonyl (C=O) groups excluding carboxylic acids is 2. The molecule has 3 N–H and O–H groups in total. The van der Waals surface area contributed by atoms with Crippen LogP contribution in [0.4, 0.5) is 19.0 Å². The number of halogens is 3. The number of nitrogens with one attached hydrogen (secondary N) is 1. The van der Waals surface area contributed by atoms with E-state index in [0.717, 1.165) is 0 Å². The van der Waals surface area contributed by atoms with Gasteiger partial charge in [0.1, 0.15) is 11.6 Å². The second-order valence-corrected chi connectivity index (χ2v) is 7.44. The van der Waals surface area contributed by atoms with Crippen molar-refractivity contribution in [2.45, 2.75) is 12.7 Å². The van der Waals surface area contributed by atoms with Gasteiger partial charge in [-0.25, -0.2) is 9.78 Å². The number of nitrogens with zero attached hydrogens (tertiary/aromatic N) is 1. The molecule has 10 heteroatoms. The normalized spacial score (nSPS) is 11.6. The molecular formula is C25H18F3N3O4. The van der Waals surface area contributed by atoms with Gasteiger partial charge in [-0.15, -0.1) is 0 Å². The number of pyridine rings is 1. The number of hydrogen-bond acceptors (Lipinski definition) is 6. The van der Waals surface area contributed by atoms with Crippen LogP contribution in [0.15, 0.2) is 77.4 Å². The zero-order valence-corrected chi connectivity index (χ0v) is 18.0. The largest absolute Gasteiger partial charge is 0.425 e. The third kappa shape index (κ3) is 5.85. The molecule has 2 heterocycles. The highest BCUT2D eigenvalue weighted by Crippen LogP contribution is 2.42. The maximum Gasteiger partial charge on any atom is 0.417 e. The van der Waals surface area contributed by atoms with E-state index in [1.165, 1.54) is 42.6 Å². The Morgan fingerprint density at radius 2 is 1.86 bits per heavy atom. The van der Waals surface area contributed by atoms with Crippen LogP contribution < -0.4 is 15.8 Å². The molecule has 1 aliphatic carbocycles. The van der Waals surface area contributed by atoms with Crippen LogP contribution in [0.5, 0.6) is 5.95 Å². The molecule has 0 spiro atoms. The molecular weight excluding hydrogens is 463 g/mol. The van der Waals surface area contributed by atoms with E-state index in [2.05, 4.69) is 10.3 Å². The number of anilines is 1. The number of alkyl halides is 3. The maximum absolute atomic E-state index is 13.7. The molecule has 0 saturated carbocycles. The number of esters is 1. The lowest BCUT2D eigenvalue weighted by Crippen LogP contribution is -2.19. The van der Waals surface area contributed by atoms with Crippen LogP contribution >= 0.6 is 0 Å². The summed E-state index contributed by atoms with van der Waals surface area (Å²) >= 11 is 0. The smallest absolute Gasteiger partial charge is 0.417 e. The highest BCUT2D eigenvalue weighted by molar-refractivity contribution is 5.92. The Balaban J connectivity index is 1.52. The quantitative estimate of drug-likeness (QED) is 0.299. The summed E-state index contributed by atoms with van der Waals surface area (Å²) in [6, 6.07) is 14.3. The van der Waals surface area contributed by atoms with Gasteiger partial charge in [0, 0.05) is 30.4 Å². The summed E-state index contributed by atoms with van der Waals surface area (Å²) in [6.45, 7) is -0.0518. The average molecular weight is 481 g/mol. The van der Waals surface area contributed by atoms with Crippen LogP contribution in [-0.4, -0.2) is 16.9 Å². The molecule has 1 amide bonds. The van der Waals surface area contributed by atoms with Crippen molar-refractivity contribution < 1.29 is 31.9 Å². The Kier molecular flexibility index (Phi) is 6.54. The van der Waals surface area contributed by atoms with E-state index in [-0.39, 0.29) is 23.4 Å². The number of hydrogen-bond donors (Lipinski definition) is 2. The van der Waals surface area contributed by atoms with Crippen molar-refractivity contribution in [2.24, 2.45) is 0 Å². The SMILES string of the molecule is Nc1ccc(/C=C/C(=O)NCc2cc3oc(OC(=O)c4ccccc4)cc(C(F)(F)F)c-3c2)cn1. The zero-order chi connectivity index (χ0) is 25.0. The van der Waals surface area contributed by atoms with Gasteiger partial charge < -0.3 is 20.2 Å². The van der Waals surface area contributed by atoms with Crippen molar-refractivity contribution >= 4 is 23.8 Å². The number of aromatic nitrogens is 1. The molecule has 0 radical (unpaired) electrons. The van der Waals surface area contributed by atoms with Gasteiger partial charge in [0.05, 0.1) is 11.1 Å². The van der Waals surface area contributed by atoms with Crippen molar-refractivity contribution in [3.05, 3.63) is 95.2 Å². The first kappa shape index (κ1) is 23.6. The molecule has 0 unspecified atom stereocenters. The molecule has 178 valence electrons. The topological polar surface area (TPSA) is 107 Å². The number of carbonyl (C=O) groups is 2. The number of ether oxygens (including phenoxy) is 1. The van der Waals surface area contributed by atoms with Crippen LogP contribution in [-0.2, 0) is 17.5 Å². The average Bonchev–Trinajstić information content (AvgIpc) is 3.24. The summed E-state index contributed by atoms with van der Waals surface area (Å²) < 4.78 is 51.5. The number of amides is 1. The van der Waals surface area contributed by atoms with E-state index in [4.69, 9.17) is 14.9 Å². The van der Waals surface area contributed by atoms with Gasteiger partial charge in [0.2, 0.25) is 5.91 Å². The van der Waals surface area contributed by atoms with Crippen molar-refractivity contribution in [3.8, 4) is 17.3 Å². The zero-order valence-electron chi connectivity index (χ0n) is 18.0. The van der Waals surface area contributed by atoms with Crippen molar-refractivity contribution in [1.82, 2.24) is 10.3 Å². The van der Waals surface area contributed by atoms with Crippen LogP contribution in [0.2, 0.25) is 0 Å². The van der Waals surface area contributed by atoms with Crippen LogP contribution in [0.1, 0.15) is 27.0 Å². The highest BCUT2D eigenvalue weighted by atomic mass is 19.4. The third-order valence-electron chi connectivity index (χ3n) is 4.89. The molecule has 2 aromatic rings. The molecule has 35 heavy (non-hydrogen) atoms. The Morgan fingerprint density at radius 1 is 1.09 bits per heavy atom. The van der Waals surface area contributed by atoms with Crippen molar-refractivity contribution in [1.29, 1.82) is 0 Å². The van der Waals surface area contributed by atoms with Gasteiger partial charge in [-0.2, -0.15) is 13.2 Å². The Labute approximate surface area is 197 Å². The molecule has 0 saturated heterocycles. The fourth-order valence-electron chi connectivity index (χ4n) is 3.22. The molecule has 4 rings (SSSR count). The van der Waals surface area contributed by atoms with Crippen LogP contribution in [0.25, 0.3) is 17.4 Å². The first-order valence-corrected chi connectivity index (χ1v) is 10.3. The van der Waals surface area contributed by atoms with Crippen LogP contribution in [0.3, 0.4) is 0 Å². The van der Waals surface area contributed by atoms with E-state index in [1.54, 1.807) is 30.3 Å². The lowest BCUT2D eigenvalue weighted by molar-refractivity contribution is -0.137. The van der Waals surface area contributed by atoms with Crippen molar-refractivity contribution in [3.63, 3.8) is 0 Å². The van der Waals surface area contributed by atoms with Crippen LogP contribution in [0, 0.1) is 0 Å². The second kappa shape index (κ2) is 9.72. The first-order valence-electron chi connectivity index (χ1n) is 10.3. The molecule has 1 aromatic carbocycles. The van der Waals surface area contributed by atoms with E-state index < -0.39 is 29.6 Å². The lowest BCUT2D eigenvalue weighted by Gasteiger charge is -2.13. The second-order valence-electron chi connectivity index (χ2n) is 7.44. The fraction of sp³-hybridized carbons (Fsp3) is 0.0800. The minimum atomic E-state index is -4.73. The summed E-state index contributed by atoms with van der Waals surface area (Å²) in [5, 5.41) is 2.59. The molecule has 0 atom stereocenters. The molecule has 1 aliphatic heterocycles. The van der Waals surface area contributed by atoms with Gasteiger partial charge in [0.25, 0.3) is 5.95 Å². The molecule has 0 bridgehead atoms. The van der Waals surface area contributed by atoms with Gasteiger partial charge in [-0.05, 0) is 53.6 Å². The predicted molar refractivity (Wildman–Crippen MR) is 121 cm³/mol. The van der Waals surface area contributed by atoms with Crippen molar-refractivity contribution in [2.75, 3.05) is 5.73 Å². The summed E-state index contributed by atoms with van der Waals surface area (Å²) in [5.74, 6) is -1.71. The van der Waals surface area contributed by atoms with Gasteiger partial charge in [0.15, 0.2) is 0 Å². The summed E-state index contributed by atoms with van der Waals surface area (Å²) in [7, 11) is 0. The Hall–Kier alpha value is -4.60. The highest BCUT2D eigenvalue weighted by Gasteiger charge is 2.37. The minimum absolute atomic E-state index is 0.0518. The fourth-order valence-corrected chi connectivity index (χ4v) is 3.22. The number of nitrogen functional groups attached to an aromatic ring is 1. The van der Waals surface area contributed by atoms with E-state index in [1.807, 2.05) is 0 Å². The number of benzene rings is 1. The van der Waals surface area contributed by atoms with E-state index in [9.17, 15) is 22.8 Å². The molecule has 1 aromatic heterocycles. The minimum Gasteiger partial charge on any atom is -0.425 e. The summed E-state index contributed by atoms with van der Waals surface area (Å²) in [6.07, 6.45) is -0.449. The number of rotatable bonds is 6. The third-order valence-corrected chi connectivity index (χ3v) is 4.89. The van der Waals surface area contributed by atoms with Gasteiger partial charge in [-0.3, -0.25) is 4.79 Å². The molecule has 0 fully saturated rings. The molecule has 2 aliphatic rings. The monoisotopic (exact) mass is 481 g/mol. The number of nitrogens with two attached hydrogens (primary N) is 1. The van der Waals surface area contributed by atoms with Gasteiger partial charge in [-0.1, -0.05) is 18.2 Å². The van der Waals surface area contributed by atoms with E-state index >= 15 is 0 Å². The Bertz CT molecular complexity index is 1350. The van der Waals surface area contributed by atoms with Gasteiger partial charge >= 0.3 is 12.1 Å². The Morgan fingerprint density at radius 3 is 2.54 bits per heavy atom. The van der Waals surface area contributed by atoms with E-state index in [0.29, 0.717) is 23.0 Å². The summed E-state index contributed by atoms with van der Waals surface area (Å²) in [5.41, 5.74) is 5.45. The predicted octanol–water partition coefficient (Wildman–Crippen LogP) is 4.93. The summed E-state index contributed by atoms with van der Waals surface area (Å²) in [4.78, 5) is 28.3.